The minimum absolute atomic E-state index is 0.0236. The summed E-state index contributed by atoms with van der Waals surface area (Å²) in [5.74, 6) is -1.09. The molecule has 4 aromatic rings. The van der Waals surface area contributed by atoms with E-state index in [1.165, 1.54) is 17.1 Å². The number of carboxylic acid groups (broad SMARTS) is 1. The molecule has 1 aromatic carbocycles. The SMILES string of the molecule is Cc1cc2c(nc1OCCN1CCCC1)OC1(CC1)CN(Cc1cc(C(c3ccc4c(nnn4C4CC4)c3C)C(C)(C)C(=O)O)cnc1C)S2(=O)=O. The van der Waals surface area contributed by atoms with Gasteiger partial charge >= 0.3 is 5.97 Å². The molecule has 1 unspecified atom stereocenters. The average molecular weight is 730 g/mol. The van der Waals surface area contributed by atoms with Crippen LogP contribution in [-0.2, 0) is 21.4 Å². The number of carboxylic acids is 1. The minimum atomic E-state index is -4.05. The number of hydrogen-bond acceptors (Lipinski definition) is 10. The van der Waals surface area contributed by atoms with Crippen LogP contribution in [0.2, 0.25) is 0 Å². The Morgan fingerprint density at radius 2 is 1.88 bits per heavy atom. The molecule has 276 valence electrons. The number of benzene rings is 1. The highest BCUT2D eigenvalue weighted by atomic mass is 32.2. The largest absolute Gasteiger partial charge is 0.481 e. The number of likely N-dealkylation sites (tertiary alicyclic amines) is 1. The number of aryl methyl sites for hydroxylation is 3. The molecule has 52 heavy (non-hydrogen) atoms. The number of ether oxygens (including phenoxy) is 2. The van der Waals surface area contributed by atoms with Crippen LogP contribution in [-0.4, -0.2) is 92.0 Å². The molecule has 1 spiro atoms. The Morgan fingerprint density at radius 3 is 2.58 bits per heavy atom. The lowest BCUT2D eigenvalue weighted by molar-refractivity contribution is -0.147. The van der Waals surface area contributed by atoms with Gasteiger partial charge in [0.15, 0.2) is 0 Å². The van der Waals surface area contributed by atoms with Gasteiger partial charge in [-0.3, -0.25) is 14.7 Å². The van der Waals surface area contributed by atoms with E-state index in [4.69, 9.17) is 14.5 Å². The van der Waals surface area contributed by atoms with Crippen molar-refractivity contribution in [3.05, 3.63) is 64.0 Å². The average Bonchev–Trinajstić information content (AvgIpc) is 3.99. The highest BCUT2D eigenvalue weighted by Gasteiger charge is 2.53. The van der Waals surface area contributed by atoms with E-state index < -0.39 is 32.9 Å². The molecule has 1 saturated heterocycles. The fraction of sp³-hybridized carbons (Fsp3) is 0.553. The standard InChI is InChI=1S/C38H47N7O6S/c1-23-18-31-35(40-34(23)50-17-16-43-14-6-7-15-43)51-38(12-13-38)22-44(52(31,48)49)21-27-19-26(20-39-25(27)3)32(37(4,5)36(46)47)29-10-11-30-33(24(29)2)41-42-45(30)28-8-9-28/h10-11,18-20,28,32H,6-9,12-17,21-22H2,1-5H3,(H,46,47). The Bertz CT molecular complexity index is 2170. The van der Waals surface area contributed by atoms with Crippen molar-refractivity contribution in [2.24, 2.45) is 5.41 Å². The second-order valence-electron chi connectivity index (χ2n) is 15.8. The first-order valence-electron chi connectivity index (χ1n) is 18.4. The lowest BCUT2D eigenvalue weighted by Crippen LogP contribution is -2.38. The Labute approximate surface area is 304 Å². The van der Waals surface area contributed by atoms with Gasteiger partial charge < -0.3 is 14.6 Å². The first kappa shape index (κ1) is 34.9. The molecule has 0 amide bonds. The van der Waals surface area contributed by atoms with Crippen molar-refractivity contribution in [2.75, 3.05) is 32.8 Å². The van der Waals surface area contributed by atoms with Gasteiger partial charge in [0.05, 0.1) is 23.5 Å². The van der Waals surface area contributed by atoms with E-state index in [2.05, 4.69) is 20.2 Å². The molecule has 4 aliphatic rings. The molecule has 0 radical (unpaired) electrons. The van der Waals surface area contributed by atoms with E-state index in [1.54, 1.807) is 26.1 Å². The van der Waals surface area contributed by atoms with Crippen LogP contribution in [0.1, 0.15) is 97.8 Å². The van der Waals surface area contributed by atoms with E-state index in [-0.39, 0.29) is 23.9 Å². The molecule has 5 heterocycles. The maximum Gasteiger partial charge on any atom is 0.310 e. The molecule has 0 bridgehead atoms. The summed E-state index contributed by atoms with van der Waals surface area (Å²) in [5.41, 5.74) is 4.13. The lowest BCUT2D eigenvalue weighted by atomic mass is 9.70. The Morgan fingerprint density at radius 1 is 1.13 bits per heavy atom. The topological polar surface area (TPSA) is 153 Å². The van der Waals surface area contributed by atoms with Gasteiger partial charge in [0.1, 0.15) is 22.6 Å². The van der Waals surface area contributed by atoms with Crippen LogP contribution in [0.5, 0.6) is 11.8 Å². The molecule has 13 nitrogen and oxygen atoms in total. The Balaban J connectivity index is 1.13. The molecule has 1 atom stereocenters. The monoisotopic (exact) mass is 729 g/mol. The van der Waals surface area contributed by atoms with Gasteiger partial charge in [-0.1, -0.05) is 17.3 Å². The number of fused-ring (bicyclic) bond motifs is 2. The second-order valence-corrected chi connectivity index (χ2v) is 17.7. The molecule has 1 N–H and O–H groups in total. The van der Waals surface area contributed by atoms with Crippen molar-refractivity contribution in [1.29, 1.82) is 0 Å². The van der Waals surface area contributed by atoms with Gasteiger partial charge in [0.2, 0.25) is 21.8 Å². The van der Waals surface area contributed by atoms with E-state index >= 15 is 0 Å². The summed E-state index contributed by atoms with van der Waals surface area (Å²) < 4.78 is 44.8. The number of sulfonamides is 1. The third-order valence-corrected chi connectivity index (χ3v) is 13.2. The molecule has 14 heteroatoms. The lowest BCUT2D eigenvalue weighted by Gasteiger charge is -2.33. The number of nitrogens with zero attached hydrogens (tertiary/aromatic N) is 7. The number of hydrogen-bond donors (Lipinski definition) is 1. The minimum Gasteiger partial charge on any atom is -0.481 e. The van der Waals surface area contributed by atoms with Crippen LogP contribution < -0.4 is 9.47 Å². The number of aliphatic carboxylic acids is 1. The van der Waals surface area contributed by atoms with Crippen LogP contribution in [0.15, 0.2) is 35.4 Å². The first-order valence-corrected chi connectivity index (χ1v) is 19.8. The predicted octanol–water partition coefficient (Wildman–Crippen LogP) is 5.31. The van der Waals surface area contributed by atoms with Crippen molar-refractivity contribution < 1.29 is 27.8 Å². The van der Waals surface area contributed by atoms with Crippen LogP contribution in [0.3, 0.4) is 0 Å². The van der Waals surface area contributed by atoms with E-state index in [0.717, 1.165) is 54.6 Å². The second kappa shape index (κ2) is 12.8. The number of rotatable bonds is 11. The molecular weight excluding hydrogens is 683 g/mol. The van der Waals surface area contributed by atoms with Gasteiger partial charge in [-0.05, 0) is 121 Å². The summed E-state index contributed by atoms with van der Waals surface area (Å²) in [6.45, 7) is 12.7. The Hall–Kier alpha value is -4.14. The maximum absolute atomic E-state index is 14.5. The number of carbonyl (C=O) groups is 1. The van der Waals surface area contributed by atoms with Gasteiger partial charge in [0.25, 0.3) is 0 Å². The van der Waals surface area contributed by atoms with E-state index in [1.807, 2.05) is 43.7 Å². The van der Waals surface area contributed by atoms with Crippen molar-refractivity contribution in [3.63, 3.8) is 0 Å². The maximum atomic E-state index is 14.5. The van der Waals surface area contributed by atoms with Crippen LogP contribution in [0.4, 0.5) is 0 Å². The summed E-state index contributed by atoms with van der Waals surface area (Å²) in [6, 6.07) is 7.86. The zero-order valence-electron chi connectivity index (χ0n) is 30.6. The molecule has 8 rings (SSSR count). The first-order chi connectivity index (χ1) is 24.8. The molecule has 2 saturated carbocycles. The third kappa shape index (κ3) is 6.21. The van der Waals surface area contributed by atoms with Crippen LogP contribution in [0, 0.1) is 26.2 Å². The van der Waals surface area contributed by atoms with Gasteiger partial charge in [0, 0.05) is 36.5 Å². The van der Waals surface area contributed by atoms with Crippen molar-refractivity contribution >= 4 is 27.0 Å². The fourth-order valence-electron chi connectivity index (χ4n) is 7.83. The quantitative estimate of drug-likeness (QED) is 0.214. The summed E-state index contributed by atoms with van der Waals surface area (Å²) in [6.07, 6.45) is 7.67. The zero-order valence-corrected chi connectivity index (χ0v) is 31.4. The summed E-state index contributed by atoms with van der Waals surface area (Å²) in [7, 11) is -4.05. The van der Waals surface area contributed by atoms with Crippen molar-refractivity contribution in [1.82, 2.24) is 34.2 Å². The number of aromatic nitrogens is 5. The molecule has 3 aromatic heterocycles. The van der Waals surface area contributed by atoms with Crippen molar-refractivity contribution in [3.8, 4) is 11.8 Å². The summed E-state index contributed by atoms with van der Waals surface area (Å²) in [5, 5.41) is 19.5. The highest BCUT2D eigenvalue weighted by Crippen LogP contribution is 2.48. The fourth-order valence-corrected chi connectivity index (χ4v) is 9.46. The molecular formula is C38H47N7O6S. The molecule has 3 fully saturated rings. The van der Waals surface area contributed by atoms with Gasteiger partial charge in [-0.25, -0.2) is 13.1 Å². The van der Waals surface area contributed by atoms with Crippen molar-refractivity contribution in [2.45, 2.75) is 102 Å². The van der Waals surface area contributed by atoms with Gasteiger partial charge in [-0.15, -0.1) is 5.10 Å². The highest BCUT2D eigenvalue weighted by molar-refractivity contribution is 7.89. The van der Waals surface area contributed by atoms with Crippen LogP contribution >= 0.6 is 0 Å². The molecule has 2 aliphatic heterocycles. The molecule has 2 aliphatic carbocycles. The number of pyridine rings is 2. The van der Waals surface area contributed by atoms with E-state index in [0.29, 0.717) is 53.8 Å². The zero-order chi connectivity index (χ0) is 36.6. The summed E-state index contributed by atoms with van der Waals surface area (Å²) >= 11 is 0. The Kier molecular flexibility index (Phi) is 8.57. The predicted molar refractivity (Wildman–Crippen MR) is 193 cm³/mol. The summed E-state index contributed by atoms with van der Waals surface area (Å²) in [4.78, 5) is 24.6. The normalized spacial score (nSPS) is 20.4. The third-order valence-electron chi connectivity index (χ3n) is 11.5. The van der Waals surface area contributed by atoms with Gasteiger partial charge in [-0.2, -0.15) is 9.29 Å². The van der Waals surface area contributed by atoms with E-state index in [9.17, 15) is 18.3 Å². The van der Waals surface area contributed by atoms with Crippen LogP contribution in [0.25, 0.3) is 11.0 Å². The smallest absolute Gasteiger partial charge is 0.310 e.